The van der Waals surface area contributed by atoms with E-state index >= 15 is 0 Å². The molecular weight excluding hydrogens is 258 g/mol. The van der Waals surface area contributed by atoms with E-state index < -0.39 is 0 Å². The Morgan fingerprint density at radius 3 is 2.10 bits per heavy atom. The zero-order valence-corrected chi connectivity index (χ0v) is 14.0. The Kier molecular flexibility index (Phi) is 3.61. The molecule has 2 nitrogen and oxygen atoms in total. The molecule has 2 heteroatoms. The molecule has 0 heterocycles. The smallest absolute Gasteiger partial charge is 0.0468 e. The Morgan fingerprint density at radius 1 is 1.05 bits per heavy atom. The summed E-state index contributed by atoms with van der Waals surface area (Å²) in [6.45, 7) is 4.67. The van der Waals surface area contributed by atoms with E-state index in [1.54, 1.807) is 19.3 Å². The van der Waals surface area contributed by atoms with Gasteiger partial charge in [0.05, 0.1) is 0 Å². The number of methoxy groups -OCH3 is 1. The van der Waals surface area contributed by atoms with Crippen molar-refractivity contribution < 1.29 is 4.74 Å². The van der Waals surface area contributed by atoms with E-state index in [9.17, 15) is 0 Å². The summed E-state index contributed by atoms with van der Waals surface area (Å²) in [4.78, 5) is 0. The normalized spacial score (nSPS) is 44.0. The summed E-state index contributed by atoms with van der Waals surface area (Å²) in [7, 11) is 1.83. The molecule has 0 aliphatic heterocycles. The van der Waals surface area contributed by atoms with Gasteiger partial charge in [0, 0.05) is 26.3 Å². The van der Waals surface area contributed by atoms with Gasteiger partial charge in [0.15, 0.2) is 0 Å². The molecule has 5 saturated carbocycles. The van der Waals surface area contributed by atoms with Gasteiger partial charge in [0.1, 0.15) is 0 Å². The Morgan fingerprint density at radius 2 is 1.62 bits per heavy atom. The summed E-state index contributed by atoms with van der Waals surface area (Å²) < 4.78 is 5.30. The molecule has 1 unspecified atom stereocenters. The maximum atomic E-state index is 5.30. The van der Waals surface area contributed by atoms with Crippen molar-refractivity contribution in [2.24, 2.45) is 28.6 Å². The van der Waals surface area contributed by atoms with E-state index in [2.05, 4.69) is 12.2 Å². The van der Waals surface area contributed by atoms with Crippen LogP contribution >= 0.6 is 0 Å². The second-order valence-corrected chi connectivity index (χ2v) is 9.13. The minimum Gasteiger partial charge on any atom is -0.385 e. The van der Waals surface area contributed by atoms with Crippen LogP contribution in [0.5, 0.6) is 0 Å². The Labute approximate surface area is 130 Å². The highest BCUT2D eigenvalue weighted by Gasteiger charge is 2.53. The minimum absolute atomic E-state index is 0.590. The summed E-state index contributed by atoms with van der Waals surface area (Å²) in [5, 5.41) is 4.00. The fourth-order valence-electron chi connectivity index (χ4n) is 6.30. The SMILES string of the molecule is COCCC1(CNC(C)C23CC4CC(CC(C4)C2)C3)CC1. The molecule has 5 aliphatic rings. The molecule has 0 aromatic carbocycles. The van der Waals surface area contributed by atoms with Crippen LogP contribution in [0.2, 0.25) is 0 Å². The van der Waals surface area contributed by atoms with Crippen LogP contribution in [0.15, 0.2) is 0 Å². The quantitative estimate of drug-likeness (QED) is 0.765. The number of ether oxygens (including phenoxy) is 1. The molecule has 1 atom stereocenters. The highest BCUT2D eigenvalue weighted by molar-refractivity contribution is 5.06. The lowest BCUT2D eigenvalue weighted by atomic mass is 9.48. The summed E-state index contributed by atoms with van der Waals surface area (Å²) in [5.74, 6) is 3.22. The van der Waals surface area contributed by atoms with Crippen LogP contribution < -0.4 is 5.32 Å². The van der Waals surface area contributed by atoms with E-state index in [1.807, 2.05) is 7.11 Å². The molecule has 0 spiro atoms. The zero-order chi connectivity index (χ0) is 14.5. The summed E-state index contributed by atoms with van der Waals surface area (Å²) in [6.07, 6.45) is 13.3. The molecule has 5 aliphatic carbocycles. The van der Waals surface area contributed by atoms with Crippen molar-refractivity contribution in [1.82, 2.24) is 5.32 Å². The summed E-state index contributed by atoms with van der Waals surface area (Å²) in [5.41, 5.74) is 1.25. The van der Waals surface area contributed by atoms with Crippen molar-refractivity contribution in [2.75, 3.05) is 20.3 Å². The first-order valence-electron chi connectivity index (χ1n) is 9.35. The standard InChI is InChI=1S/C19H33NO/c1-14(20-13-18(3-4-18)5-6-21-2)19-10-15-7-16(11-19)9-17(8-15)12-19/h14-17,20H,3-13H2,1-2H3. The molecule has 1 N–H and O–H groups in total. The fraction of sp³-hybridized carbons (Fsp3) is 1.00. The maximum Gasteiger partial charge on any atom is 0.0468 e. The minimum atomic E-state index is 0.590. The van der Waals surface area contributed by atoms with Crippen LogP contribution in [0, 0.1) is 28.6 Å². The lowest BCUT2D eigenvalue weighted by Gasteiger charge is -2.59. The van der Waals surface area contributed by atoms with Crippen LogP contribution in [0.4, 0.5) is 0 Å². The molecule has 4 bridgehead atoms. The monoisotopic (exact) mass is 291 g/mol. The van der Waals surface area contributed by atoms with Crippen LogP contribution in [-0.2, 0) is 4.74 Å². The molecule has 120 valence electrons. The van der Waals surface area contributed by atoms with Gasteiger partial charge in [-0.2, -0.15) is 0 Å². The van der Waals surface area contributed by atoms with Gasteiger partial charge >= 0.3 is 0 Å². The van der Waals surface area contributed by atoms with E-state index in [4.69, 9.17) is 4.74 Å². The molecular formula is C19H33NO. The van der Waals surface area contributed by atoms with Gasteiger partial charge in [-0.25, -0.2) is 0 Å². The third-order valence-corrected chi connectivity index (χ3v) is 7.58. The number of rotatable bonds is 7. The lowest BCUT2D eigenvalue weighted by molar-refractivity contribution is -0.0711. The van der Waals surface area contributed by atoms with Gasteiger partial charge in [-0.15, -0.1) is 0 Å². The first-order valence-corrected chi connectivity index (χ1v) is 9.35. The molecule has 0 aromatic rings. The lowest BCUT2D eigenvalue weighted by Crippen LogP contribution is -2.55. The molecule has 5 fully saturated rings. The predicted octanol–water partition coefficient (Wildman–Crippen LogP) is 4.00. The topological polar surface area (TPSA) is 21.3 Å². The number of hydrogen-bond acceptors (Lipinski definition) is 2. The van der Waals surface area contributed by atoms with Gasteiger partial charge in [0.2, 0.25) is 0 Å². The molecule has 21 heavy (non-hydrogen) atoms. The van der Waals surface area contributed by atoms with E-state index in [1.165, 1.54) is 45.1 Å². The Bertz CT molecular complexity index is 352. The molecule has 0 amide bonds. The largest absolute Gasteiger partial charge is 0.385 e. The second-order valence-electron chi connectivity index (χ2n) is 9.13. The molecule has 0 aromatic heterocycles. The van der Waals surface area contributed by atoms with Crippen LogP contribution in [0.25, 0.3) is 0 Å². The van der Waals surface area contributed by atoms with Gasteiger partial charge in [0.25, 0.3) is 0 Å². The number of nitrogens with one attached hydrogen (secondary N) is 1. The van der Waals surface area contributed by atoms with Crippen molar-refractivity contribution in [2.45, 2.75) is 70.8 Å². The fourth-order valence-corrected chi connectivity index (χ4v) is 6.30. The van der Waals surface area contributed by atoms with Crippen LogP contribution in [-0.4, -0.2) is 26.3 Å². The highest BCUT2D eigenvalue weighted by atomic mass is 16.5. The van der Waals surface area contributed by atoms with Gasteiger partial charge in [-0.1, -0.05) is 0 Å². The second kappa shape index (κ2) is 5.23. The first kappa shape index (κ1) is 14.5. The van der Waals surface area contributed by atoms with Gasteiger partial charge in [-0.05, 0) is 93.3 Å². The van der Waals surface area contributed by atoms with Gasteiger partial charge in [-0.3, -0.25) is 0 Å². The van der Waals surface area contributed by atoms with Crippen molar-refractivity contribution in [3.05, 3.63) is 0 Å². The average molecular weight is 291 g/mol. The van der Waals surface area contributed by atoms with Crippen molar-refractivity contribution in [3.8, 4) is 0 Å². The Balaban J connectivity index is 1.36. The molecule has 0 radical (unpaired) electrons. The predicted molar refractivity (Wildman–Crippen MR) is 86.2 cm³/mol. The van der Waals surface area contributed by atoms with E-state index in [0.29, 0.717) is 10.8 Å². The van der Waals surface area contributed by atoms with Gasteiger partial charge < -0.3 is 10.1 Å². The van der Waals surface area contributed by atoms with Crippen molar-refractivity contribution in [3.63, 3.8) is 0 Å². The number of hydrogen-bond donors (Lipinski definition) is 1. The Hall–Kier alpha value is -0.0800. The van der Waals surface area contributed by atoms with Crippen molar-refractivity contribution in [1.29, 1.82) is 0 Å². The molecule has 0 saturated heterocycles. The van der Waals surface area contributed by atoms with Crippen LogP contribution in [0.1, 0.15) is 64.7 Å². The third kappa shape index (κ3) is 2.67. The third-order valence-electron chi connectivity index (χ3n) is 7.58. The van der Waals surface area contributed by atoms with Crippen molar-refractivity contribution >= 4 is 0 Å². The zero-order valence-electron chi connectivity index (χ0n) is 14.0. The average Bonchev–Trinajstić information content (AvgIpc) is 3.22. The van der Waals surface area contributed by atoms with E-state index in [0.717, 1.165) is 30.4 Å². The summed E-state index contributed by atoms with van der Waals surface area (Å²) >= 11 is 0. The summed E-state index contributed by atoms with van der Waals surface area (Å²) in [6, 6.07) is 0.728. The maximum absolute atomic E-state index is 5.30. The first-order chi connectivity index (χ1) is 10.1. The van der Waals surface area contributed by atoms with Crippen LogP contribution in [0.3, 0.4) is 0 Å². The highest BCUT2D eigenvalue weighted by Crippen LogP contribution is 2.61. The molecule has 5 rings (SSSR count). The van der Waals surface area contributed by atoms with E-state index in [-0.39, 0.29) is 0 Å².